The fourth-order valence-corrected chi connectivity index (χ4v) is 7.48. The van der Waals surface area contributed by atoms with Gasteiger partial charge in [0.1, 0.15) is 0 Å². The third-order valence-corrected chi connectivity index (χ3v) is 9.61. The van der Waals surface area contributed by atoms with Crippen LogP contribution in [0.1, 0.15) is 45.4 Å². The van der Waals surface area contributed by atoms with Gasteiger partial charge in [-0.2, -0.15) is 0 Å². The zero-order valence-electron chi connectivity index (χ0n) is 13.9. The second-order valence-corrected chi connectivity index (χ2v) is 12.2. The largest absolute Gasteiger partial charge is 0.390 e. The lowest BCUT2D eigenvalue weighted by atomic mass is 9.81. The van der Waals surface area contributed by atoms with Gasteiger partial charge in [0.25, 0.3) is 0 Å². The first-order valence-corrected chi connectivity index (χ1v) is 11.4. The van der Waals surface area contributed by atoms with E-state index in [1.165, 1.54) is 30.0 Å². The van der Waals surface area contributed by atoms with Crippen LogP contribution in [-0.2, 0) is 0 Å². The monoisotopic (exact) mass is 302 g/mol. The lowest BCUT2D eigenvalue weighted by Gasteiger charge is -2.41. The van der Waals surface area contributed by atoms with Crippen molar-refractivity contribution in [1.82, 2.24) is 0 Å². The first-order chi connectivity index (χ1) is 9.85. The number of benzene rings is 1. The van der Waals surface area contributed by atoms with Crippen LogP contribution in [0.4, 0.5) is 0 Å². The molecule has 0 spiro atoms. The van der Waals surface area contributed by atoms with E-state index in [9.17, 15) is 5.11 Å². The Bertz CT molecular complexity index is 472. The van der Waals surface area contributed by atoms with Crippen molar-refractivity contribution in [3.8, 4) is 0 Å². The van der Waals surface area contributed by atoms with Crippen LogP contribution in [-0.4, -0.2) is 18.8 Å². The van der Waals surface area contributed by atoms with Crippen LogP contribution in [0.2, 0.25) is 18.6 Å². The van der Waals surface area contributed by atoms with Crippen LogP contribution in [0.5, 0.6) is 0 Å². The zero-order chi connectivity index (χ0) is 15.5. The molecule has 1 fully saturated rings. The highest BCUT2D eigenvalue weighted by molar-refractivity contribution is 6.91. The minimum atomic E-state index is -1.66. The summed E-state index contributed by atoms with van der Waals surface area (Å²) < 4.78 is 0. The van der Waals surface area contributed by atoms with Crippen molar-refractivity contribution in [2.24, 2.45) is 0 Å². The first kappa shape index (κ1) is 16.5. The SMILES string of the molecule is C=C(C)[C@@H](CC1(O)CCCCC1)[Si](C)(C)c1ccccc1. The summed E-state index contributed by atoms with van der Waals surface area (Å²) in [7, 11) is -1.66. The summed E-state index contributed by atoms with van der Waals surface area (Å²) >= 11 is 0. The predicted molar refractivity (Wildman–Crippen MR) is 94.8 cm³/mol. The summed E-state index contributed by atoms with van der Waals surface area (Å²) in [5.41, 5.74) is 1.23. The highest BCUT2D eigenvalue weighted by atomic mass is 28.3. The van der Waals surface area contributed by atoms with Gasteiger partial charge in [0.15, 0.2) is 0 Å². The van der Waals surface area contributed by atoms with Gasteiger partial charge in [0.05, 0.1) is 13.7 Å². The zero-order valence-corrected chi connectivity index (χ0v) is 14.9. The van der Waals surface area contributed by atoms with Crippen LogP contribution >= 0.6 is 0 Å². The second kappa shape index (κ2) is 6.49. The fourth-order valence-electron chi connectivity index (χ4n) is 3.91. The summed E-state index contributed by atoms with van der Waals surface area (Å²) in [4.78, 5) is 0. The van der Waals surface area contributed by atoms with Crippen molar-refractivity contribution in [1.29, 1.82) is 0 Å². The van der Waals surface area contributed by atoms with Gasteiger partial charge in [-0.3, -0.25) is 0 Å². The van der Waals surface area contributed by atoms with E-state index < -0.39 is 13.7 Å². The molecule has 0 unspecified atom stereocenters. The van der Waals surface area contributed by atoms with Crippen LogP contribution in [0.3, 0.4) is 0 Å². The van der Waals surface area contributed by atoms with Crippen LogP contribution in [0, 0.1) is 0 Å². The number of hydrogen-bond donors (Lipinski definition) is 1. The standard InChI is InChI=1S/C19H30OSi/c1-16(2)18(15-19(20)13-9-6-10-14-19)21(3,4)17-11-7-5-8-12-17/h5,7-8,11-12,18,20H,1,6,9-10,13-15H2,2-4H3/t18-/m1/s1. The van der Waals surface area contributed by atoms with Crippen molar-refractivity contribution in [3.05, 3.63) is 42.5 Å². The molecule has 1 aliphatic carbocycles. The molecule has 1 atom stereocenters. The Hall–Kier alpha value is -0.863. The molecule has 0 aliphatic heterocycles. The second-order valence-electron chi connectivity index (χ2n) is 7.48. The molecular formula is C19H30OSi. The van der Waals surface area contributed by atoms with Gasteiger partial charge >= 0.3 is 0 Å². The molecule has 0 radical (unpaired) electrons. The van der Waals surface area contributed by atoms with Gasteiger partial charge in [-0.25, -0.2) is 0 Å². The molecule has 2 heteroatoms. The van der Waals surface area contributed by atoms with Gasteiger partial charge in [-0.05, 0) is 31.7 Å². The van der Waals surface area contributed by atoms with Crippen LogP contribution in [0.25, 0.3) is 0 Å². The average Bonchev–Trinajstić information content (AvgIpc) is 2.46. The molecule has 0 amide bonds. The van der Waals surface area contributed by atoms with Gasteiger partial charge in [-0.1, -0.05) is 73.4 Å². The maximum Gasteiger partial charge on any atom is 0.0877 e. The molecule has 1 nitrogen and oxygen atoms in total. The lowest BCUT2D eigenvalue weighted by molar-refractivity contribution is -0.00367. The van der Waals surface area contributed by atoms with Gasteiger partial charge < -0.3 is 5.11 Å². The Labute approximate surface area is 131 Å². The average molecular weight is 303 g/mol. The maximum absolute atomic E-state index is 11.0. The Kier molecular flexibility index (Phi) is 5.10. The Morgan fingerprint density at radius 2 is 1.76 bits per heavy atom. The highest BCUT2D eigenvalue weighted by Crippen LogP contribution is 2.41. The van der Waals surface area contributed by atoms with Crippen molar-refractivity contribution in [2.45, 2.75) is 69.7 Å². The Balaban J connectivity index is 2.24. The molecule has 2 rings (SSSR count). The quantitative estimate of drug-likeness (QED) is 0.621. The van der Waals surface area contributed by atoms with Crippen molar-refractivity contribution >= 4 is 13.3 Å². The third-order valence-electron chi connectivity index (χ3n) is 5.35. The third kappa shape index (κ3) is 3.86. The van der Waals surface area contributed by atoms with Crippen LogP contribution < -0.4 is 5.19 Å². The molecule has 0 saturated heterocycles. The summed E-state index contributed by atoms with van der Waals surface area (Å²) in [6.07, 6.45) is 6.46. The number of rotatable bonds is 5. The van der Waals surface area contributed by atoms with Crippen molar-refractivity contribution in [2.75, 3.05) is 0 Å². The van der Waals surface area contributed by atoms with E-state index in [1.807, 2.05) is 0 Å². The van der Waals surface area contributed by atoms with E-state index in [0.717, 1.165) is 19.3 Å². The van der Waals surface area contributed by atoms with E-state index in [1.54, 1.807) is 0 Å². The Morgan fingerprint density at radius 3 is 2.29 bits per heavy atom. The molecule has 0 bridgehead atoms. The van der Waals surface area contributed by atoms with E-state index in [0.29, 0.717) is 5.54 Å². The summed E-state index contributed by atoms with van der Waals surface area (Å²) in [6, 6.07) is 10.9. The normalized spacial score (nSPS) is 20.0. The number of allylic oxidation sites excluding steroid dienone is 1. The summed E-state index contributed by atoms with van der Waals surface area (Å²) in [5.74, 6) is 0. The number of hydrogen-bond acceptors (Lipinski definition) is 1. The lowest BCUT2D eigenvalue weighted by Crippen LogP contribution is -2.49. The summed E-state index contributed by atoms with van der Waals surface area (Å²) in [5, 5.41) is 12.5. The molecule has 116 valence electrons. The van der Waals surface area contributed by atoms with Gasteiger partial charge in [-0.15, -0.1) is 6.58 Å². The molecule has 1 saturated carbocycles. The molecule has 1 aliphatic rings. The van der Waals surface area contributed by atoms with Crippen molar-refractivity contribution < 1.29 is 5.11 Å². The van der Waals surface area contributed by atoms with Crippen molar-refractivity contribution in [3.63, 3.8) is 0 Å². The highest BCUT2D eigenvalue weighted by Gasteiger charge is 2.40. The first-order valence-electron chi connectivity index (χ1n) is 8.28. The topological polar surface area (TPSA) is 20.2 Å². The van der Waals surface area contributed by atoms with E-state index in [-0.39, 0.29) is 0 Å². The maximum atomic E-state index is 11.0. The molecule has 1 N–H and O–H groups in total. The summed E-state index contributed by atoms with van der Waals surface area (Å²) in [6.45, 7) is 11.3. The Morgan fingerprint density at radius 1 is 1.19 bits per heavy atom. The minimum Gasteiger partial charge on any atom is -0.390 e. The van der Waals surface area contributed by atoms with E-state index in [4.69, 9.17) is 0 Å². The van der Waals surface area contributed by atoms with Gasteiger partial charge in [0, 0.05) is 0 Å². The molecular weight excluding hydrogens is 272 g/mol. The molecule has 1 aromatic carbocycles. The molecule has 0 aromatic heterocycles. The number of aliphatic hydroxyl groups is 1. The van der Waals surface area contributed by atoms with Gasteiger partial charge in [0.2, 0.25) is 0 Å². The van der Waals surface area contributed by atoms with E-state index in [2.05, 4.69) is 56.9 Å². The van der Waals surface area contributed by atoms with E-state index >= 15 is 0 Å². The van der Waals surface area contributed by atoms with Crippen LogP contribution in [0.15, 0.2) is 42.5 Å². The minimum absolute atomic E-state index is 0.447. The molecule has 21 heavy (non-hydrogen) atoms. The smallest absolute Gasteiger partial charge is 0.0877 e. The molecule has 1 aromatic rings. The predicted octanol–water partition coefficient (Wildman–Crippen LogP) is 4.63. The molecule has 0 heterocycles. The fraction of sp³-hybridized carbons (Fsp3) is 0.579.